The first kappa shape index (κ1) is 28.8. The van der Waals surface area contributed by atoms with Crippen LogP contribution in [0, 0.1) is 35.0 Å². The van der Waals surface area contributed by atoms with Crippen LogP contribution in [0.25, 0.3) is 0 Å². The molecule has 1 unspecified atom stereocenters. The second-order valence-electron chi connectivity index (χ2n) is 10.5. The number of hydrogen-bond donors (Lipinski definition) is 3. The summed E-state index contributed by atoms with van der Waals surface area (Å²) >= 11 is 0. The number of aliphatic carboxylic acids is 1. The molecule has 0 spiro atoms. The Kier molecular flexibility index (Phi) is 10.1. The number of fused-ring (bicyclic) bond motifs is 1. The summed E-state index contributed by atoms with van der Waals surface area (Å²) in [7, 11) is -4.20. The van der Waals surface area contributed by atoms with Gasteiger partial charge in [-0.25, -0.2) is 0 Å². The van der Waals surface area contributed by atoms with Crippen molar-refractivity contribution in [2.45, 2.75) is 72.5 Å². The number of carboxylic acids is 1. The van der Waals surface area contributed by atoms with E-state index in [4.69, 9.17) is 14.4 Å². The maximum Gasteiger partial charge on any atom is 0.330 e. The quantitative estimate of drug-likeness (QED) is 0.216. The topological polar surface area (TPSA) is 130 Å². The Bertz CT molecular complexity index is 820. The van der Waals surface area contributed by atoms with Gasteiger partial charge in [-0.05, 0) is 63.7 Å². The van der Waals surface area contributed by atoms with Gasteiger partial charge in [0.1, 0.15) is 6.10 Å². The van der Waals surface area contributed by atoms with Gasteiger partial charge in [-0.15, -0.1) is 0 Å². The lowest BCUT2D eigenvalue weighted by atomic mass is 9.61. The van der Waals surface area contributed by atoms with Crippen LogP contribution in [-0.2, 0) is 23.4 Å². The fourth-order valence-corrected chi connectivity index (χ4v) is 6.17. The number of carbonyl (C=O) groups is 2. The Morgan fingerprint density at radius 3 is 2.53 bits per heavy atom. The number of ether oxygens (including phenoxy) is 1. The third-order valence-corrected chi connectivity index (χ3v) is 8.78. The SMILES string of the molecule is C/C=C/[C@H]1C[C@H]2C=C[C@H](C)[C@H](COP(=O)(O)C[C@@H](O)CC(=O)O)[C@H]2[C@@H](OC(=O)C(C)(C)CC)C1. The van der Waals surface area contributed by atoms with E-state index in [1.807, 2.05) is 40.7 Å². The molecule has 0 saturated heterocycles. The molecule has 34 heavy (non-hydrogen) atoms. The Labute approximate surface area is 203 Å². The van der Waals surface area contributed by atoms with Crippen LogP contribution in [0.4, 0.5) is 0 Å². The Hall–Kier alpha value is -1.47. The number of esters is 1. The fraction of sp³-hybridized carbons (Fsp3) is 0.760. The number of carbonyl (C=O) groups excluding carboxylic acids is 1. The van der Waals surface area contributed by atoms with Gasteiger partial charge in [0.25, 0.3) is 0 Å². The average Bonchev–Trinajstić information content (AvgIpc) is 2.72. The summed E-state index contributed by atoms with van der Waals surface area (Å²) < 4.78 is 24.1. The van der Waals surface area contributed by atoms with E-state index < -0.39 is 37.7 Å². The molecule has 0 aromatic carbocycles. The van der Waals surface area contributed by atoms with E-state index in [0.29, 0.717) is 12.8 Å². The van der Waals surface area contributed by atoms with E-state index in [1.165, 1.54) is 0 Å². The number of carboxylic acid groups (broad SMARTS) is 1. The molecule has 0 heterocycles. The van der Waals surface area contributed by atoms with Gasteiger partial charge in [0, 0.05) is 5.92 Å². The average molecular weight is 501 g/mol. The van der Waals surface area contributed by atoms with Crippen molar-refractivity contribution in [2.75, 3.05) is 12.8 Å². The van der Waals surface area contributed by atoms with Crippen molar-refractivity contribution in [1.82, 2.24) is 0 Å². The second kappa shape index (κ2) is 12.0. The third kappa shape index (κ3) is 7.77. The molecule has 194 valence electrons. The first-order chi connectivity index (χ1) is 15.8. The van der Waals surface area contributed by atoms with Crippen molar-refractivity contribution in [1.29, 1.82) is 0 Å². The summed E-state index contributed by atoms with van der Waals surface area (Å²) in [5.41, 5.74) is -0.605. The van der Waals surface area contributed by atoms with Crippen molar-refractivity contribution in [3.8, 4) is 0 Å². The highest BCUT2D eigenvalue weighted by atomic mass is 31.2. The van der Waals surface area contributed by atoms with Crippen LogP contribution in [0.15, 0.2) is 24.3 Å². The molecular weight excluding hydrogens is 459 g/mol. The molecule has 0 radical (unpaired) electrons. The highest BCUT2D eigenvalue weighted by Crippen LogP contribution is 2.50. The molecule has 8 nitrogen and oxygen atoms in total. The van der Waals surface area contributed by atoms with E-state index in [9.17, 15) is 24.2 Å². The van der Waals surface area contributed by atoms with Crippen LogP contribution in [0.3, 0.4) is 0 Å². The molecule has 2 aliphatic rings. The maximum absolute atomic E-state index is 13.0. The molecular formula is C25H41O8P. The van der Waals surface area contributed by atoms with E-state index in [2.05, 4.69) is 18.2 Å². The van der Waals surface area contributed by atoms with E-state index in [0.717, 1.165) is 6.42 Å². The Balaban J connectivity index is 2.23. The van der Waals surface area contributed by atoms with Gasteiger partial charge in [0.05, 0.1) is 30.7 Å². The minimum absolute atomic E-state index is 0.0313. The van der Waals surface area contributed by atoms with Crippen LogP contribution in [0.5, 0.6) is 0 Å². The van der Waals surface area contributed by atoms with Gasteiger partial charge in [-0.3, -0.25) is 14.2 Å². The monoisotopic (exact) mass is 500 g/mol. The number of hydrogen-bond acceptors (Lipinski definition) is 6. The minimum atomic E-state index is -4.20. The molecule has 1 saturated carbocycles. The normalized spacial score (nSPS) is 32.1. The molecule has 9 heteroatoms. The zero-order valence-electron chi connectivity index (χ0n) is 20.9. The predicted molar refractivity (Wildman–Crippen MR) is 129 cm³/mol. The molecule has 0 aromatic rings. The predicted octanol–water partition coefficient (Wildman–Crippen LogP) is 4.41. The lowest BCUT2D eigenvalue weighted by Gasteiger charge is -2.47. The number of aliphatic hydroxyl groups excluding tert-OH is 1. The summed E-state index contributed by atoms with van der Waals surface area (Å²) in [6.07, 6.45) is 7.56. The smallest absolute Gasteiger partial charge is 0.330 e. The van der Waals surface area contributed by atoms with Crippen molar-refractivity contribution in [3.63, 3.8) is 0 Å². The lowest BCUT2D eigenvalue weighted by molar-refractivity contribution is -0.170. The first-order valence-corrected chi connectivity index (χ1v) is 13.9. The molecule has 0 amide bonds. The van der Waals surface area contributed by atoms with E-state index in [-0.39, 0.29) is 48.3 Å². The van der Waals surface area contributed by atoms with Crippen LogP contribution in [0.1, 0.15) is 60.3 Å². The Morgan fingerprint density at radius 2 is 1.94 bits per heavy atom. The third-order valence-electron chi connectivity index (χ3n) is 7.35. The molecule has 1 fully saturated rings. The summed E-state index contributed by atoms with van der Waals surface area (Å²) in [6.45, 7) is 9.63. The molecule has 2 aliphatic carbocycles. The summed E-state index contributed by atoms with van der Waals surface area (Å²) in [4.78, 5) is 34.0. The maximum atomic E-state index is 13.0. The highest BCUT2D eigenvalue weighted by Gasteiger charge is 2.47. The van der Waals surface area contributed by atoms with Crippen LogP contribution in [-0.4, -0.2) is 52.0 Å². The van der Waals surface area contributed by atoms with E-state index in [1.54, 1.807) is 0 Å². The molecule has 8 atom stereocenters. The molecule has 0 aliphatic heterocycles. The van der Waals surface area contributed by atoms with Crippen LogP contribution < -0.4 is 0 Å². The van der Waals surface area contributed by atoms with Crippen LogP contribution in [0.2, 0.25) is 0 Å². The molecule has 0 bridgehead atoms. The Morgan fingerprint density at radius 1 is 1.26 bits per heavy atom. The van der Waals surface area contributed by atoms with Gasteiger partial charge in [0.2, 0.25) is 0 Å². The fourth-order valence-electron chi connectivity index (χ4n) is 4.99. The molecule has 2 rings (SSSR count). The van der Waals surface area contributed by atoms with Crippen molar-refractivity contribution < 1.29 is 38.5 Å². The summed E-state index contributed by atoms with van der Waals surface area (Å²) in [5, 5.41) is 18.6. The molecule has 3 N–H and O–H groups in total. The standard InChI is InChI=1S/C25H41O8P/c1-6-8-17-11-18-10-9-16(3)20(14-32-34(30,31)15-19(26)13-22(27)28)23(18)21(12-17)33-24(29)25(4,5)7-2/h6,8-10,16-21,23,26H,7,11-15H2,1-5H3,(H,27,28)(H,30,31)/b8-6+/t16-,17-,18+,19-,20-,21-,23-/m0/s1. The first-order valence-electron chi connectivity index (χ1n) is 12.2. The largest absolute Gasteiger partial charge is 0.481 e. The second-order valence-corrected chi connectivity index (χ2v) is 12.4. The van der Waals surface area contributed by atoms with Crippen molar-refractivity contribution in [3.05, 3.63) is 24.3 Å². The van der Waals surface area contributed by atoms with Crippen molar-refractivity contribution in [2.24, 2.45) is 35.0 Å². The number of rotatable bonds is 11. The zero-order valence-corrected chi connectivity index (χ0v) is 21.8. The summed E-state index contributed by atoms with van der Waals surface area (Å²) in [6, 6.07) is 0. The minimum Gasteiger partial charge on any atom is -0.481 e. The van der Waals surface area contributed by atoms with Gasteiger partial charge < -0.3 is 24.4 Å². The highest BCUT2D eigenvalue weighted by molar-refractivity contribution is 7.52. The van der Waals surface area contributed by atoms with Crippen molar-refractivity contribution >= 4 is 19.5 Å². The van der Waals surface area contributed by atoms with Gasteiger partial charge >= 0.3 is 19.5 Å². The van der Waals surface area contributed by atoms with Gasteiger partial charge in [-0.2, -0.15) is 0 Å². The van der Waals surface area contributed by atoms with Crippen LogP contribution >= 0.6 is 7.60 Å². The van der Waals surface area contributed by atoms with E-state index >= 15 is 0 Å². The zero-order chi connectivity index (χ0) is 25.7. The van der Waals surface area contributed by atoms with Gasteiger partial charge in [0.15, 0.2) is 0 Å². The summed E-state index contributed by atoms with van der Waals surface area (Å²) in [5.74, 6) is -1.29. The molecule has 0 aromatic heterocycles. The van der Waals surface area contributed by atoms with Gasteiger partial charge in [-0.1, -0.05) is 38.2 Å². The number of aliphatic hydroxyl groups is 1. The lowest BCUT2D eigenvalue weighted by Crippen LogP contribution is -2.48. The number of allylic oxidation sites excluding steroid dienone is 4.